The number of hydrogen-bond acceptors (Lipinski definition) is 8. The van der Waals surface area contributed by atoms with E-state index in [1.54, 1.807) is 50.2 Å². The lowest BCUT2D eigenvalue weighted by molar-refractivity contribution is 0.178. The minimum absolute atomic E-state index is 0.159. The third kappa shape index (κ3) is 5.04. The molecule has 0 unspecified atom stereocenters. The van der Waals surface area contributed by atoms with Crippen molar-refractivity contribution in [2.45, 2.75) is 23.6 Å². The molecule has 3 aromatic carbocycles. The standard InChI is InChI=1S/C24H24N4O7S2/c1-16-7-11-20(12-8-16)36(31,32)26-22-23(29)28(37(33,34)21-13-9-17(2)10-14-21)24(27(22)30)25-18-5-4-6-19(15-18)35-3/h4-15,26,29-30H,1-3H3. The summed E-state index contributed by atoms with van der Waals surface area (Å²) in [5, 5.41) is 21.9. The third-order valence-electron chi connectivity index (χ3n) is 5.39. The Bertz CT molecular complexity index is 1740. The maximum Gasteiger partial charge on any atom is 0.273 e. The van der Waals surface area contributed by atoms with E-state index in [9.17, 15) is 27.1 Å². The molecule has 194 valence electrons. The molecule has 0 fully saturated rings. The number of aryl methyl sites for hydroxylation is 2. The molecule has 0 amide bonds. The number of hydrogen-bond donors (Lipinski definition) is 3. The van der Waals surface area contributed by atoms with Crippen LogP contribution in [0.3, 0.4) is 0 Å². The number of anilines is 1. The monoisotopic (exact) mass is 544 g/mol. The van der Waals surface area contributed by atoms with Crippen LogP contribution in [0, 0.1) is 13.8 Å². The molecule has 0 radical (unpaired) electrons. The van der Waals surface area contributed by atoms with Gasteiger partial charge in [-0.2, -0.15) is 3.97 Å². The van der Waals surface area contributed by atoms with E-state index in [0.717, 1.165) is 11.1 Å². The lowest BCUT2D eigenvalue weighted by atomic mass is 10.2. The highest BCUT2D eigenvalue weighted by molar-refractivity contribution is 7.92. The Balaban J connectivity index is 1.97. The van der Waals surface area contributed by atoms with Crippen LogP contribution in [0.25, 0.3) is 0 Å². The van der Waals surface area contributed by atoms with Crippen molar-refractivity contribution in [1.29, 1.82) is 0 Å². The summed E-state index contributed by atoms with van der Waals surface area (Å²) in [6.45, 7) is 3.55. The summed E-state index contributed by atoms with van der Waals surface area (Å²) in [5.74, 6) is -1.52. The second-order valence-corrected chi connectivity index (χ2v) is 11.6. The minimum atomic E-state index is -4.55. The highest BCUT2D eigenvalue weighted by Crippen LogP contribution is 2.29. The summed E-state index contributed by atoms with van der Waals surface area (Å²) in [6.07, 6.45) is 0. The van der Waals surface area contributed by atoms with E-state index in [-0.39, 0.29) is 20.2 Å². The van der Waals surface area contributed by atoms with Crippen LogP contribution in [-0.2, 0) is 20.0 Å². The third-order valence-corrected chi connectivity index (χ3v) is 8.43. The average molecular weight is 545 g/mol. The Morgan fingerprint density at radius 1 is 0.865 bits per heavy atom. The maximum absolute atomic E-state index is 13.6. The molecule has 0 aliphatic heterocycles. The van der Waals surface area contributed by atoms with E-state index in [4.69, 9.17) is 4.74 Å². The number of benzene rings is 3. The predicted molar refractivity (Wildman–Crippen MR) is 135 cm³/mol. The molecule has 4 rings (SSSR count). The summed E-state index contributed by atoms with van der Waals surface area (Å²) in [7, 11) is -7.46. The SMILES string of the molecule is COc1cccc(N=c2n(O)c(NS(=O)(=O)c3ccc(C)cc3)c(O)n2S(=O)(=O)c2ccc(C)cc2)c1. The van der Waals surface area contributed by atoms with Crippen LogP contribution in [-0.4, -0.2) is 43.0 Å². The van der Waals surface area contributed by atoms with Gasteiger partial charge in [-0.1, -0.05) is 41.5 Å². The van der Waals surface area contributed by atoms with Gasteiger partial charge in [-0.05, 0) is 50.2 Å². The van der Waals surface area contributed by atoms with Gasteiger partial charge in [0.1, 0.15) is 5.75 Å². The average Bonchev–Trinajstić information content (AvgIpc) is 3.09. The quantitative estimate of drug-likeness (QED) is 0.302. The second-order valence-electron chi connectivity index (χ2n) is 8.10. The van der Waals surface area contributed by atoms with Gasteiger partial charge in [0.2, 0.25) is 5.82 Å². The van der Waals surface area contributed by atoms with Gasteiger partial charge in [-0.15, -0.1) is 4.73 Å². The van der Waals surface area contributed by atoms with Gasteiger partial charge in [0, 0.05) is 6.07 Å². The van der Waals surface area contributed by atoms with Crippen molar-refractivity contribution in [2.24, 2.45) is 4.99 Å². The van der Waals surface area contributed by atoms with E-state index in [0.29, 0.717) is 9.72 Å². The number of ether oxygens (including phenoxy) is 1. The van der Waals surface area contributed by atoms with Crippen LogP contribution in [0.15, 0.2) is 87.6 Å². The molecule has 13 heteroatoms. The summed E-state index contributed by atoms with van der Waals surface area (Å²) in [4.78, 5) is 3.78. The second kappa shape index (κ2) is 9.67. The molecule has 37 heavy (non-hydrogen) atoms. The molecular formula is C24H24N4O7S2. The fourth-order valence-corrected chi connectivity index (χ4v) is 5.77. The summed E-state index contributed by atoms with van der Waals surface area (Å²) < 4.78 is 60.8. The van der Waals surface area contributed by atoms with E-state index in [1.807, 2.05) is 0 Å². The normalized spacial score (nSPS) is 12.5. The molecule has 0 saturated heterocycles. The molecule has 4 aromatic rings. The van der Waals surface area contributed by atoms with Gasteiger partial charge in [0.05, 0.1) is 22.6 Å². The van der Waals surface area contributed by atoms with E-state index in [1.165, 1.54) is 43.5 Å². The molecule has 3 N–H and O–H groups in total. The van der Waals surface area contributed by atoms with Crippen molar-refractivity contribution < 1.29 is 31.9 Å². The van der Waals surface area contributed by atoms with Crippen molar-refractivity contribution in [1.82, 2.24) is 8.70 Å². The van der Waals surface area contributed by atoms with Crippen molar-refractivity contribution in [2.75, 3.05) is 11.8 Å². The van der Waals surface area contributed by atoms with Gasteiger partial charge in [-0.3, -0.25) is 4.72 Å². The fourth-order valence-electron chi connectivity index (χ4n) is 3.39. The van der Waals surface area contributed by atoms with Crippen molar-refractivity contribution >= 4 is 31.6 Å². The number of imidazole rings is 1. The first-order valence-electron chi connectivity index (χ1n) is 10.8. The Morgan fingerprint density at radius 3 is 2.00 bits per heavy atom. The molecule has 0 spiro atoms. The highest BCUT2D eigenvalue weighted by atomic mass is 32.2. The van der Waals surface area contributed by atoms with Crippen LogP contribution in [0.5, 0.6) is 11.6 Å². The molecule has 0 atom stereocenters. The van der Waals surface area contributed by atoms with Gasteiger partial charge in [0.15, 0.2) is 0 Å². The Labute approximate surface area is 213 Å². The largest absolute Gasteiger partial charge is 0.497 e. The number of sulfonamides is 1. The number of nitrogens with zero attached hydrogens (tertiary/aromatic N) is 3. The van der Waals surface area contributed by atoms with Crippen LogP contribution < -0.4 is 15.1 Å². The molecule has 0 saturated carbocycles. The minimum Gasteiger partial charge on any atom is -0.497 e. The number of nitrogens with one attached hydrogen (secondary N) is 1. The lowest BCUT2D eigenvalue weighted by Crippen LogP contribution is -2.30. The van der Waals surface area contributed by atoms with E-state index < -0.39 is 37.4 Å². The summed E-state index contributed by atoms with van der Waals surface area (Å²) >= 11 is 0. The zero-order valence-corrected chi connectivity index (χ0v) is 21.7. The van der Waals surface area contributed by atoms with Crippen molar-refractivity contribution in [3.05, 3.63) is 89.5 Å². The zero-order valence-electron chi connectivity index (χ0n) is 20.0. The number of methoxy groups -OCH3 is 1. The zero-order chi connectivity index (χ0) is 27.0. The highest BCUT2D eigenvalue weighted by Gasteiger charge is 2.31. The molecule has 11 nitrogen and oxygen atoms in total. The van der Waals surface area contributed by atoms with Crippen LogP contribution in [0.4, 0.5) is 11.5 Å². The molecule has 0 aliphatic rings. The van der Waals surface area contributed by atoms with Gasteiger partial charge in [0.25, 0.3) is 31.5 Å². The molecule has 0 aliphatic carbocycles. The van der Waals surface area contributed by atoms with Crippen molar-refractivity contribution in [3.8, 4) is 11.6 Å². The molecule has 1 aromatic heterocycles. The lowest BCUT2D eigenvalue weighted by Gasteiger charge is -2.09. The van der Waals surface area contributed by atoms with Gasteiger partial charge >= 0.3 is 0 Å². The first-order valence-corrected chi connectivity index (χ1v) is 13.7. The van der Waals surface area contributed by atoms with Gasteiger partial charge in [-0.25, -0.2) is 21.8 Å². The Morgan fingerprint density at radius 2 is 1.43 bits per heavy atom. The number of aromatic hydroxyl groups is 1. The maximum atomic E-state index is 13.6. The summed E-state index contributed by atoms with van der Waals surface area (Å²) in [5.41, 5.74) is 1.08. The fraction of sp³-hybridized carbons (Fsp3) is 0.125. The van der Waals surface area contributed by atoms with Crippen LogP contribution >= 0.6 is 0 Å². The van der Waals surface area contributed by atoms with E-state index in [2.05, 4.69) is 9.71 Å². The summed E-state index contributed by atoms with van der Waals surface area (Å²) in [6, 6.07) is 17.7. The molecule has 1 heterocycles. The van der Waals surface area contributed by atoms with Crippen LogP contribution in [0.1, 0.15) is 11.1 Å². The molecule has 0 bridgehead atoms. The van der Waals surface area contributed by atoms with Crippen LogP contribution in [0.2, 0.25) is 0 Å². The molecular weight excluding hydrogens is 520 g/mol. The topological polar surface area (TPSA) is 152 Å². The number of rotatable bonds is 7. The first kappa shape index (κ1) is 25.9. The Hall–Kier alpha value is -4.23. The van der Waals surface area contributed by atoms with Gasteiger partial charge < -0.3 is 15.1 Å². The predicted octanol–water partition coefficient (Wildman–Crippen LogP) is 3.13. The Kier molecular flexibility index (Phi) is 6.76. The van der Waals surface area contributed by atoms with E-state index >= 15 is 0 Å². The first-order chi connectivity index (χ1) is 17.4. The van der Waals surface area contributed by atoms with Crippen molar-refractivity contribution in [3.63, 3.8) is 0 Å². The number of aromatic nitrogens is 2. The smallest absolute Gasteiger partial charge is 0.273 e.